The summed E-state index contributed by atoms with van der Waals surface area (Å²) in [6, 6.07) is 8.40. The van der Waals surface area contributed by atoms with Crippen LogP contribution in [-0.4, -0.2) is 34.4 Å². The topological polar surface area (TPSA) is 54.7 Å². The summed E-state index contributed by atoms with van der Waals surface area (Å²) in [5, 5.41) is 1.96. The van der Waals surface area contributed by atoms with Gasteiger partial charge in [-0.05, 0) is 38.2 Å². The van der Waals surface area contributed by atoms with Gasteiger partial charge in [0.05, 0.1) is 5.92 Å². The second-order valence-corrected chi connectivity index (χ2v) is 8.52. The molecular weight excluding hydrogens is 358 g/mol. The fourth-order valence-electron chi connectivity index (χ4n) is 3.55. The van der Waals surface area contributed by atoms with Crippen molar-refractivity contribution in [2.75, 3.05) is 13.1 Å². The standard InChI is InChI=1S/C21H25N3O2S/c1-15-4-6-16(7-5-15)13-24-11-12-27-21(24)22-19(25)18-3-2-10-23(14-18)20(26)17-8-9-17/h4-7,11-12,17-18H,2-3,8-10,13-14H2,1H3. The summed E-state index contributed by atoms with van der Waals surface area (Å²) in [7, 11) is 0. The van der Waals surface area contributed by atoms with Gasteiger partial charge in [-0.15, -0.1) is 11.3 Å². The van der Waals surface area contributed by atoms with Gasteiger partial charge in [-0.1, -0.05) is 29.8 Å². The number of amides is 2. The van der Waals surface area contributed by atoms with Crippen molar-refractivity contribution in [3.63, 3.8) is 0 Å². The van der Waals surface area contributed by atoms with Crippen LogP contribution in [0.15, 0.2) is 40.8 Å². The molecule has 1 aliphatic heterocycles. The molecule has 2 amide bonds. The van der Waals surface area contributed by atoms with E-state index in [9.17, 15) is 9.59 Å². The van der Waals surface area contributed by atoms with E-state index in [1.54, 1.807) is 0 Å². The van der Waals surface area contributed by atoms with E-state index in [1.165, 1.54) is 22.5 Å². The maximum atomic E-state index is 12.8. The van der Waals surface area contributed by atoms with Crippen LogP contribution in [0.4, 0.5) is 0 Å². The predicted octanol–water partition coefficient (Wildman–Crippen LogP) is 2.98. The van der Waals surface area contributed by atoms with Crippen LogP contribution in [0.25, 0.3) is 0 Å². The second kappa shape index (κ2) is 7.80. The molecule has 1 aromatic carbocycles. The fraction of sp³-hybridized carbons (Fsp3) is 0.476. The Morgan fingerprint density at radius 2 is 1.93 bits per heavy atom. The van der Waals surface area contributed by atoms with Gasteiger partial charge in [-0.25, -0.2) is 0 Å². The minimum atomic E-state index is -0.170. The lowest BCUT2D eigenvalue weighted by Crippen LogP contribution is -2.43. The fourth-order valence-corrected chi connectivity index (χ4v) is 4.28. The normalized spacial score (nSPS) is 20.7. The van der Waals surface area contributed by atoms with Crippen molar-refractivity contribution in [1.82, 2.24) is 9.47 Å². The summed E-state index contributed by atoms with van der Waals surface area (Å²) in [6.07, 6.45) is 5.69. The molecule has 4 rings (SSSR count). The molecule has 1 unspecified atom stereocenters. The Hall–Kier alpha value is -2.21. The van der Waals surface area contributed by atoms with Gasteiger partial charge in [0, 0.05) is 37.1 Å². The number of carbonyl (C=O) groups excluding carboxylic acids is 2. The van der Waals surface area contributed by atoms with E-state index >= 15 is 0 Å². The quantitative estimate of drug-likeness (QED) is 0.815. The van der Waals surface area contributed by atoms with Gasteiger partial charge >= 0.3 is 0 Å². The van der Waals surface area contributed by atoms with Crippen molar-refractivity contribution in [2.45, 2.75) is 39.2 Å². The van der Waals surface area contributed by atoms with Crippen molar-refractivity contribution < 1.29 is 9.59 Å². The van der Waals surface area contributed by atoms with E-state index in [0.717, 1.165) is 37.0 Å². The first-order valence-corrected chi connectivity index (χ1v) is 10.5. The van der Waals surface area contributed by atoms with E-state index in [2.05, 4.69) is 36.2 Å². The lowest BCUT2D eigenvalue weighted by Gasteiger charge is -2.31. The maximum Gasteiger partial charge on any atom is 0.253 e. The number of hydrogen-bond acceptors (Lipinski definition) is 3. The minimum Gasteiger partial charge on any atom is -0.342 e. The van der Waals surface area contributed by atoms with Gasteiger partial charge in [-0.3, -0.25) is 9.59 Å². The van der Waals surface area contributed by atoms with Crippen molar-refractivity contribution in [2.24, 2.45) is 16.8 Å². The molecule has 0 bridgehead atoms. The number of carbonyl (C=O) groups is 2. The molecule has 142 valence electrons. The molecule has 2 aromatic rings. The third kappa shape index (κ3) is 4.38. The average Bonchev–Trinajstić information content (AvgIpc) is 3.45. The Balaban J connectivity index is 1.46. The van der Waals surface area contributed by atoms with Crippen LogP contribution in [0.5, 0.6) is 0 Å². The van der Waals surface area contributed by atoms with Crippen molar-refractivity contribution >= 4 is 23.2 Å². The largest absolute Gasteiger partial charge is 0.342 e. The summed E-state index contributed by atoms with van der Waals surface area (Å²) >= 11 is 1.48. The molecule has 5 nitrogen and oxygen atoms in total. The average molecular weight is 384 g/mol. The van der Waals surface area contributed by atoms with Gasteiger partial charge in [0.25, 0.3) is 5.91 Å². The summed E-state index contributed by atoms with van der Waals surface area (Å²) in [4.78, 5) is 32.1. The zero-order valence-electron chi connectivity index (χ0n) is 15.6. The Labute approximate surface area is 163 Å². The molecule has 6 heteroatoms. The lowest BCUT2D eigenvalue weighted by atomic mass is 9.97. The molecule has 1 atom stereocenters. The van der Waals surface area contributed by atoms with Crippen LogP contribution >= 0.6 is 11.3 Å². The molecule has 1 saturated heterocycles. The van der Waals surface area contributed by atoms with E-state index in [4.69, 9.17) is 0 Å². The van der Waals surface area contributed by atoms with Crippen LogP contribution in [0, 0.1) is 18.8 Å². The van der Waals surface area contributed by atoms with Gasteiger partial charge in [0.1, 0.15) is 0 Å². The monoisotopic (exact) mass is 383 g/mol. The highest BCUT2D eigenvalue weighted by atomic mass is 32.1. The molecule has 2 fully saturated rings. The molecule has 27 heavy (non-hydrogen) atoms. The highest BCUT2D eigenvalue weighted by molar-refractivity contribution is 7.07. The number of aryl methyl sites for hydroxylation is 1. The van der Waals surface area contributed by atoms with Crippen LogP contribution in [0.2, 0.25) is 0 Å². The highest BCUT2D eigenvalue weighted by Gasteiger charge is 2.36. The summed E-state index contributed by atoms with van der Waals surface area (Å²) in [5.74, 6) is 0.183. The number of benzene rings is 1. The van der Waals surface area contributed by atoms with Gasteiger partial charge < -0.3 is 9.47 Å². The number of aromatic nitrogens is 1. The number of likely N-dealkylation sites (tertiary alicyclic amines) is 1. The third-order valence-corrected chi connectivity index (χ3v) is 6.14. The summed E-state index contributed by atoms with van der Waals surface area (Å²) < 4.78 is 2.02. The molecule has 1 aliphatic carbocycles. The first-order chi connectivity index (χ1) is 13.1. The van der Waals surface area contributed by atoms with Crippen LogP contribution < -0.4 is 4.80 Å². The lowest BCUT2D eigenvalue weighted by molar-refractivity contribution is -0.136. The smallest absolute Gasteiger partial charge is 0.253 e. The summed E-state index contributed by atoms with van der Waals surface area (Å²) in [6.45, 7) is 4.09. The minimum absolute atomic E-state index is 0.0941. The number of rotatable bonds is 4. The Morgan fingerprint density at radius 1 is 1.15 bits per heavy atom. The maximum absolute atomic E-state index is 12.8. The van der Waals surface area contributed by atoms with Gasteiger partial charge in [0.2, 0.25) is 5.91 Å². The second-order valence-electron chi connectivity index (χ2n) is 7.65. The molecule has 1 saturated carbocycles. The first-order valence-electron chi connectivity index (χ1n) is 9.67. The number of hydrogen-bond donors (Lipinski definition) is 0. The van der Waals surface area contributed by atoms with Gasteiger partial charge in [-0.2, -0.15) is 4.99 Å². The van der Waals surface area contributed by atoms with E-state index < -0.39 is 0 Å². The van der Waals surface area contributed by atoms with Gasteiger partial charge in [0.15, 0.2) is 4.80 Å². The van der Waals surface area contributed by atoms with E-state index in [1.807, 2.05) is 21.0 Å². The van der Waals surface area contributed by atoms with Crippen molar-refractivity contribution in [3.8, 4) is 0 Å². The predicted molar refractivity (Wildman–Crippen MR) is 105 cm³/mol. The molecular formula is C21H25N3O2S. The molecule has 0 spiro atoms. The zero-order chi connectivity index (χ0) is 18.8. The highest BCUT2D eigenvalue weighted by Crippen LogP contribution is 2.32. The first kappa shape index (κ1) is 18.2. The van der Waals surface area contributed by atoms with E-state index in [-0.39, 0.29) is 23.7 Å². The Bertz CT molecular complexity index is 893. The van der Waals surface area contributed by atoms with Crippen molar-refractivity contribution in [1.29, 1.82) is 0 Å². The Morgan fingerprint density at radius 3 is 2.67 bits per heavy atom. The van der Waals surface area contributed by atoms with Crippen LogP contribution in [-0.2, 0) is 16.1 Å². The molecule has 2 heterocycles. The van der Waals surface area contributed by atoms with Crippen LogP contribution in [0.1, 0.15) is 36.8 Å². The Kier molecular flexibility index (Phi) is 5.25. The zero-order valence-corrected chi connectivity index (χ0v) is 16.5. The molecule has 0 N–H and O–H groups in total. The van der Waals surface area contributed by atoms with Crippen molar-refractivity contribution in [3.05, 3.63) is 51.8 Å². The number of nitrogens with zero attached hydrogens (tertiary/aromatic N) is 3. The number of piperidine rings is 1. The molecule has 1 aromatic heterocycles. The molecule has 0 radical (unpaired) electrons. The van der Waals surface area contributed by atoms with E-state index in [0.29, 0.717) is 13.1 Å². The third-order valence-electron chi connectivity index (χ3n) is 5.35. The number of thiazole rings is 1. The summed E-state index contributed by atoms with van der Waals surface area (Å²) in [5.41, 5.74) is 2.42. The SMILES string of the molecule is Cc1ccc(Cn2ccsc2=NC(=O)C2CCCN(C(=O)C3CC3)C2)cc1. The van der Waals surface area contributed by atoms with Crippen LogP contribution in [0.3, 0.4) is 0 Å². The molecule has 2 aliphatic rings.